The van der Waals surface area contributed by atoms with Gasteiger partial charge in [0.1, 0.15) is 5.75 Å². The maximum Gasteiger partial charge on any atom is 0.122 e. The van der Waals surface area contributed by atoms with Crippen LogP contribution in [0.5, 0.6) is 5.75 Å². The molecule has 3 rings (SSSR count). The Morgan fingerprint density at radius 2 is 1.89 bits per heavy atom. The van der Waals surface area contributed by atoms with Crippen LogP contribution in [0.3, 0.4) is 0 Å². The summed E-state index contributed by atoms with van der Waals surface area (Å²) in [5, 5.41) is 0. The molecule has 2 nitrogen and oxygen atoms in total. The first-order valence-corrected chi connectivity index (χ1v) is 7.58. The first-order valence-electron chi connectivity index (χ1n) is 7.58. The van der Waals surface area contributed by atoms with E-state index in [-0.39, 0.29) is 5.54 Å². The van der Waals surface area contributed by atoms with Gasteiger partial charge in [-0.15, -0.1) is 0 Å². The van der Waals surface area contributed by atoms with Gasteiger partial charge in [0.05, 0.1) is 6.61 Å². The normalized spacial score (nSPS) is 21.0. The Morgan fingerprint density at radius 3 is 2.47 bits per heavy atom. The van der Waals surface area contributed by atoms with Crippen LogP contribution < -0.4 is 10.5 Å². The zero-order valence-electron chi connectivity index (χ0n) is 12.2. The van der Waals surface area contributed by atoms with Crippen molar-refractivity contribution < 1.29 is 4.74 Å². The van der Waals surface area contributed by atoms with Gasteiger partial charge in [0.25, 0.3) is 0 Å². The predicted octanol–water partition coefficient (Wildman–Crippen LogP) is 3.52. The largest absolute Gasteiger partial charge is 0.493 e. The van der Waals surface area contributed by atoms with E-state index in [1.165, 1.54) is 36.0 Å². The highest BCUT2D eigenvalue weighted by Crippen LogP contribution is 2.39. The lowest BCUT2D eigenvalue weighted by Crippen LogP contribution is -2.25. The minimum absolute atomic E-state index is 0.0519. The Kier molecular flexibility index (Phi) is 3.30. The van der Waals surface area contributed by atoms with Crippen molar-refractivity contribution >= 4 is 0 Å². The van der Waals surface area contributed by atoms with Gasteiger partial charge < -0.3 is 10.5 Å². The molecule has 0 bridgehead atoms. The summed E-state index contributed by atoms with van der Waals surface area (Å²) in [6.45, 7) is 5.21. The van der Waals surface area contributed by atoms with Crippen LogP contribution in [-0.2, 0) is 6.42 Å². The van der Waals surface area contributed by atoms with Crippen LogP contribution in [0.25, 0.3) is 0 Å². The van der Waals surface area contributed by atoms with Crippen molar-refractivity contribution in [1.29, 1.82) is 0 Å². The molecular formula is C17H25NO. The highest BCUT2D eigenvalue weighted by Gasteiger charge is 2.38. The molecule has 0 aliphatic heterocycles. The molecule has 0 spiro atoms. The SMILES string of the molecule is Cc1cc(CC2(N)CC2)c(OCC2CCC2)cc1C. The van der Waals surface area contributed by atoms with Crippen LogP contribution in [-0.4, -0.2) is 12.1 Å². The summed E-state index contributed by atoms with van der Waals surface area (Å²) in [4.78, 5) is 0. The van der Waals surface area contributed by atoms with Crippen molar-refractivity contribution in [2.45, 2.75) is 57.9 Å². The molecule has 1 aromatic carbocycles. The van der Waals surface area contributed by atoms with Gasteiger partial charge in [-0.2, -0.15) is 0 Å². The highest BCUT2D eigenvalue weighted by atomic mass is 16.5. The fraction of sp³-hybridized carbons (Fsp3) is 0.647. The minimum atomic E-state index is 0.0519. The number of benzene rings is 1. The van der Waals surface area contributed by atoms with Crippen molar-refractivity contribution in [3.8, 4) is 5.75 Å². The second-order valence-corrected chi connectivity index (χ2v) is 6.69. The summed E-state index contributed by atoms with van der Waals surface area (Å²) < 4.78 is 6.10. The number of aryl methyl sites for hydroxylation is 2. The van der Waals surface area contributed by atoms with E-state index in [0.717, 1.165) is 37.5 Å². The summed E-state index contributed by atoms with van der Waals surface area (Å²) in [5.74, 6) is 1.86. The topological polar surface area (TPSA) is 35.2 Å². The van der Waals surface area contributed by atoms with E-state index in [1.807, 2.05) is 0 Å². The molecule has 0 heterocycles. The molecule has 2 aliphatic carbocycles. The Morgan fingerprint density at radius 1 is 1.21 bits per heavy atom. The second-order valence-electron chi connectivity index (χ2n) is 6.69. The molecule has 0 aromatic heterocycles. The fourth-order valence-corrected chi connectivity index (χ4v) is 2.71. The molecule has 0 amide bonds. The fourth-order valence-electron chi connectivity index (χ4n) is 2.71. The molecule has 2 aliphatic rings. The van der Waals surface area contributed by atoms with E-state index in [1.54, 1.807) is 0 Å². The van der Waals surface area contributed by atoms with E-state index >= 15 is 0 Å². The van der Waals surface area contributed by atoms with E-state index in [9.17, 15) is 0 Å². The van der Waals surface area contributed by atoms with Gasteiger partial charge in [-0.3, -0.25) is 0 Å². The van der Waals surface area contributed by atoms with Crippen molar-refractivity contribution in [1.82, 2.24) is 0 Å². The van der Waals surface area contributed by atoms with Gasteiger partial charge in [-0.05, 0) is 74.6 Å². The van der Waals surface area contributed by atoms with Gasteiger partial charge in [-0.1, -0.05) is 12.5 Å². The Labute approximate surface area is 116 Å². The van der Waals surface area contributed by atoms with Crippen LogP contribution in [0, 0.1) is 19.8 Å². The molecule has 2 saturated carbocycles. The van der Waals surface area contributed by atoms with Crippen molar-refractivity contribution in [2.24, 2.45) is 11.7 Å². The van der Waals surface area contributed by atoms with Gasteiger partial charge in [-0.25, -0.2) is 0 Å². The Hall–Kier alpha value is -1.02. The van der Waals surface area contributed by atoms with Crippen molar-refractivity contribution in [3.63, 3.8) is 0 Å². The number of nitrogens with two attached hydrogens (primary N) is 1. The van der Waals surface area contributed by atoms with Gasteiger partial charge >= 0.3 is 0 Å². The lowest BCUT2D eigenvalue weighted by atomic mass is 9.86. The van der Waals surface area contributed by atoms with Crippen molar-refractivity contribution in [2.75, 3.05) is 6.61 Å². The van der Waals surface area contributed by atoms with Gasteiger partial charge in [0.2, 0.25) is 0 Å². The summed E-state index contributed by atoms with van der Waals surface area (Å²) >= 11 is 0. The highest BCUT2D eigenvalue weighted by molar-refractivity contribution is 5.43. The van der Waals surface area contributed by atoms with Crippen LogP contribution in [0.4, 0.5) is 0 Å². The minimum Gasteiger partial charge on any atom is -0.493 e. The molecular weight excluding hydrogens is 234 g/mol. The first kappa shape index (κ1) is 13.0. The molecule has 2 fully saturated rings. The van der Waals surface area contributed by atoms with E-state index in [0.29, 0.717) is 0 Å². The summed E-state index contributed by atoms with van der Waals surface area (Å²) in [5.41, 5.74) is 10.3. The molecule has 19 heavy (non-hydrogen) atoms. The standard InChI is InChI=1S/C17H25NO/c1-12-8-15(10-17(18)6-7-17)16(9-13(12)2)19-11-14-4-3-5-14/h8-9,14H,3-7,10-11,18H2,1-2H3. The Balaban J connectivity index is 1.76. The molecule has 0 saturated heterocycles. The van der Waals surface area contributed by atoms with E-state index in [4.69, 9.17) is 10.5 Å². The predicted molar refractivity (Wildman–Crippen MR) is 78.6 cm³/mol. The third kappa shape index (κ3) is 2.94. The second kappa shape index (κ2) is 4.82. The number of hydrogen-bond acceptors (Lipinski definition) is 2. The Bertz CT molecular complexity index is 472. The lowest BCUT2D eigenvalue weighted by Gasteiger charge is -2.26. The monoisotopic (exact) mass is 259 g/mol. The summed E-state index contributed by atoms with van der Waals surface area (Å²) in [6.07, 6.45) is 7.32. The quantitative estimate of drug-likeness (QED) is 0.878. The zero-order chi connectivity index (χ0) is 13.5. The van der Waals surface area contributed by atoms with E-state index in [2.05, 4.69) is 26.0 Å². The summed E-state index contributed by atoms with van der Waals surface area (Å²) in [7, 11) is 0. The van der Waals surface area contributed by atoms with E-state index < -0.39 is 0 Å². The molecule has 2 N–H and O–H groups in total. The van der Waals surface area contributed by atoms with Crippen LogP contribution in [0.15, 0.2) is 12.1 Å². The van der Waals surface area contributed by atoms with Gasteiger partial charge in [0.15, 0.2) is 0 Å². The third-order valence-electron chi connectivity index (χ3n) is 4.81. The van der Waals surface area contributed by atoms with Crippen LogP contribution in [0.1, 0.15) is 48.8 Å². The third-order valence-corrected chi connectivity index (χ3v) is 4.81. The first-order chi connectivity index (χ1) is 9.06. The molecule has 0 atom stereocenters. The maximum absolute atomic E-state index is 6.27. The lowest BCUT2D eigenvalue weighted by molar-refractivity contribution is 0.179. The molecule has 1 aromatic rings. The smallest absolute Gasteiger partial charge is 0.122 e. The summed E-state index contributed by atoms with van der Waals surface area (Å²) in [6, 6.07) is 4.48. The maximum atomic E-state index is 6.27. The van der Waals surface area contributed by atoms with Crippen LogP contribution in [0.2, 0.25) is 0 Å². The average molecular weight is 259 g/mol. The molecule has 104 valence electrons. The number of hydrogen-bond donors (Lipinski definition) is 1. The molecule has 0 unspecified atom stereocenters. The van der Waals surface area contributed by atoms with Crippen molar-refractivity contribution in [3.05, 3.63) is 28.8 Å². The van der Waals surface area contributed by atoms with Gasteiger partial charge in [0, 0.05) is 5.54 Å². The molecule has 2 heteroatoms. The molecule has 0 radical (unpaired) electrons. The van der Waals surface area contributed by atoms with Crippen LogP contribution >= 0.6 is 0 Å². The zero-order valence-corrected chi connectivity index (χ0v) is 12.2. The number of ether oxygens (including phenoxy) is 1. The number of rotatable bonds is 5. The average Bonchev–Trinajstić information content (AvgIpc) is 3.01.